The SMILES string of the molecule is CCOc1cc(CN(c2cnc(C(=O)OC)cn2)C2CCNCC2)ccc1F. The number of carbonyl (C=O) groups excluding carboxylic acids is 1. The molecule has 3 rings (SSSR count). The summed E-state index contributed by atoms with van der Waals surface area (Å²) < 4.78 is 24.0. The van der Waals surface area contributed by atoms with Gasteiger partial charge in [0.1, 0.15) is 5.82 Å². The molecule has 150 valence electrons. The molecule has 1 N–H and O–H groups in total. The molecule has 7 nitrogen and oxygen atoms in total. The number of benzene rings is 1. The standard InChI is InChI=1S/C20H25FN4O3/c1-3-28-18-10-14(4-5-16(18)21)13-25(15-6-8-22-9-7-15)19-12-23-17(11-24-19)20(26)27-2/h4-5,10-12,15,22H,3,6-9,13H2,1-2H3. The van der Waals surface area contributed by atoms with Crippen LogP contribution in [0.5, 0.6) is 5.75 Å². The molecule has 2 aromatic rings. The molecular weight excluding hydrogens is 363 g/mol. The second-order valence-corrected chi connectivity index (χ2v) is 6.56. The van der Waals surface area contributed by atoms with Gasteiger partial charge in [0.15, 0.2) is 17.3 Å². The second kappa shape index (κ2) is 9.45. The Morgan fingerprint density at radius 1 is 1.29 bits per heavy atom. The van der Waals surface area contributed by atoms with Crippen molar-refractivity contribution in [1.29, 1.82) is 0 Å². The summed E-state index contributed by atoms with van der Waals surface area (Å²) in [6.45, 7) is 4.60. The van der Waals surface area contributed by atoms with E-state index in [1.165, 1.54) is 19.4 Å². The number of hydrogen-bond acceptors (Lipinski definition) is 7. The lowest BCUT2D eigenvalue weighted by Gasteiger charge is -2.35. The molecule has 0 aliphatic carbocycles. The van der Waals surface area contributed by atoms with Crippen LogP contribution in [-0.2, 0) is 11.3 Å². The van der Waals surface area contributed by atoms with Crippen molar-refractivity contribution in [1.82, 2.24) is 15.3 Å². The summed E-state index contributed by atoms with van der Waals surface area (Å²) in [5.74, 6) is 0.0211. The number of aromatic nitrogens is 2. The van der Waals surface area contributed by atoms with Gasteiger partial charge >= 0.3 is 5.97 Å². The largest absolute Gasteiger partial charge is 0.491 e. The second-order valence-electron chi connectivity index (χ2n) is 6.56. The predicted octanol–water partition coefficient (Wildman–Crippen LogP) is 2.56. The van der Waals surface area contributed by atoms with E-state index in [1.54, 1.807) is 18.3 Å². The Labute approximate surface area is 163 Å². The molecule has 2 heterocycles. The van der Waals surface area contributed by atoms with Gasteiger partial charge in [0.2, 0.25) is 0 Å². The number of hydrogen-bond donors (Lipinski definition) is 1. The third kappa shape index (κ3) is 4.75. The molecule has 0 unspecified atom stereocenters. The Kier molecular flexibility index (Phi) is 6.76. The highest BCUT2D eigenvalue weighted by Gasteiger charge is 2.23. The minimum Gasteiger partial charge on any atom is -0.491 e. The van der Waals surface area contributed by atoms with E-state index < -0.39 is 5.97 Å². The number of halogens is 1. The highest BCUT2D eigenvalue weighted by molar-refractivity contribution is 5.86. The van der Waals surface area contributed by atoms with E-state index in [2.05, 4.69) is 24.9 Å². The van der Waals surface area contributed by atoms with Crippen LogP contribution in [-0.4, -0.2) is 48.8 Å². The maximum atomic E-state index is 13.9. The van der Waals surface area contributed by atoms with Gasteiger partial charge in [0, 0.05) is 12.6 Å². The fourth-order valence-corrected chi connectivity index (χ4v) is 3.30. The van der Waals surface area contributed by atoms with Gasteiger partial charge in [-0.3, -0.25) is 0 Å². The Morgan fingerprint density at radius 3 is 2.71 bits per heavy atom. The van der Waals surface area contributed by atoms with Gasteiger partial charge in [-0.05, 0) is 50.6 Å². The molecule has 28 heavy (non-hydrogen) atoms. The molecule has 1 aromatic heterocycles. The molecule has 0 spiro atoms. The van der Waals surface area contributed by atoms with Gasteiger partial charge in [0.05, 0.1) is 26.1 Å². The fraction of sp³-hybridized carbons (Fsp3) is 0.450. The maximum absolute atomic E-state index is 13.9. The van der Waals surface area contributed by atoms with E-state index >= 15 is 0 Å². The van der Waals surface area contributed by atoms with Crippen LogP contribution >= 0.6 is 0 Å². The van der Waals surface area contributed by atoms with Crippen LogP contribution in [0.1, 0.15) is 35.8 Å². The van der Waals surface area contributed by atoms with Gasteiger partial charge < -0.3 is 19.7 Å². The average Bonchev–Trinajstić information content (AvgIpc) is 2.74. The number of ether oxygens (including phenoxy) is 2. The first-order valence-corrected chi connectivity index (χ1v) is 9.41. The van der Waals surface area contributed by atoms with Crippen molar-refractivity contribution in [3.63, 3.8) is 0 Å². The zero-order valence-electron chi connectivity index (χ0n) is 16.2. The monoisotopic (exact) mass is 388 g/mol. The van der Waals surface area contributed by atoms with Gasteiger partial charge in [0.25, 0.3) is 0 Å². The lowest BCUT2D eigenvalue weighted by Crippen LogP contribution is -2.43. The number of nitrogens with one attached hydrogen (secondary N) is 1. The third-order valence-corrected chi connectivity index (χ3v) is 4.72. The first-order valence-electron chi connectivity index (χ1n) is 9.41. The average molecular weight is 388 g/mol. The molecule has 1 aliphatic rings. The number of piperidine rings is 1. The van der Waals surface area contributed by atoms with Crippen molar-refractivity contribution in [3.05, 3.63) is 47.7 Å². The number of carbonyl (C=O) groups is 1. The van der Waals surface area contributed by atoms with Crippen LogP contribution in [0.15, 0.2) is 30.6 Å². The van der Waals surface area contributed by atoms with Crippen LogP contribution in [0.3, 0.4) is 0 Å². The van der Waals surface area contributed by atoms with Gasteiger partial charge in [-0.2, -0.15) is 0 Å². The van der Waals surface area contributed by atoms with Crippen molar-refractivity contribution in [2.75, 3.05) is 31.7 Å². The van der Waals surface area contributed by atoms with Crippen molar-refractivity contribution < 1.29 is 18.7 Å². The third-order valence-electron chi connectivity index (χ3n) is 4.72. The van der Waals surface area contributed by atoms with E-state index in [-0.39, 0.29) is 23.3 Å². The smallest absolute Gasteiger partial charge is 0.358 e. The summed E-state index contributed by atoms with van der Waals surface area (Å²) in [5, 5.41) is 3.36. The maximum Gasteiger partial charge on any atom is 0.358 e. The zero-order valence-corrected chi connectivity index (χ0v) is 16.2. The molecule has 0 radical (unpaired) electrons. The van der Waals surface area contributed by atoms with Gasteiger partial charge in [-0.25, -0.2) is 19.2 Å². The van der Waals surface area contributed by atoms with E-state index in [0.29, 0.717) is 19.0 Å². The number of rotatable bonds is 7. The van der Waals surface area contributed by atoms with E-state index in [4.69, 9.17) is 4.74 Å². The molecule has 1 aromatic carbocycles. The zero-order chi connectivity index (χ0) is 19.9. The number of nitrogens with zero attached hydrogens (tertiary/aromatic N) is 3. The van der Waals surface area contributed by atoms with E-state index in [1.807, 2.05) is 6.92 Å². The molecule has 0 atom stereocenters. The van der Waals surface area contributed by atoms with Crippen LogP contribution in [0, 0.1) is 5.82 Å². The van der Waals surface area contributed by atoms with Crippen LogP contribution in [0.2, 0.25) is 0 Å². The molecular formula is C20H25FN4O3. The number of esters is 1. The predicted molar refractivity (Wildman–Crippen MR) is 103 cm³/mol. The van der Waals surface area contributed by atoms with Crippen molar-refractivity contribution in [2.24, 2.45) is 0 Å². The van der Waals surface area contributed by atoms with Crippen LogP contribution in [0.25, 0.3) is 0 Å². The molecule has 8 heteroatoms. The van der Waals surface area contributed by atoms with Gasteiger partial charge in [-0.1, -0.05) is 6.07 Å². The summed E-state index contributed by atoms with van der Waals surface area (Å²) >= 11 is 0. The normalized spacial score (nSPS) is 14.5. The Bertz CT molecular complexity index is 795. The van der Waals surface area contributed by atoms with Crippen molar-refractivity contribution in [2.45, 2.75) is 32.4 Å². The highest BCUT2D eigenvalue weighted by Crippen LogP contribution is 2.25. The van der Waals surface area contributed by atoms with Crippen molar-refractivity contribution >= 4 is 11.8 Å². The highest BCUT2D eigenvalue weighted by atomic mass is 19.1. The van der Waals surface area contributed by atoms with E-state index in [9.17, 15) is 9.18 Å². The lowest BCUT2D eigenvalue weighted by molar-refractivity contribution is 0.0593. The summed E-state index contributed by atoms with van der Waals surface area (Å²) in [5.41, 5.74) is 1.08. The number of methoxy groups -OCH3 is 1. The molecule has 1 saturated heterocycles. The first kappa shape index (κ1) is 20.0. The summed E-state index contributed by atoms with van der Waals surface area (Å²) in [7, 11) is 1.31. The summed E-state index contributed by atoms with van der Waals surface area (Å²) in [6, 6.07) is 5.17. The molecule has 1 aliphatic heterocycles. The van der Waals surface area contributed by atoms with Crippen LogP contribution < -0.4 is 15.0 Å². The quantitative estimate of drug-likeness (QED) is 0.731. The first-order chi connectivity index (χ1) is 13.6. The van der Waals surface area contributed by atoms with Crippen LogP contribution in [0.4, 0.5) is 10.2 Å². The Morgan fingerprint density at radius 2 is 2.07 bits per heavy atom. The minimum atomic E-state index is -0.521. The van der Waals surface area contributed by atoms with E-state index in [0.717, 1.165) is 31.5 Å². The van der Waals surface area contributed by atoms with Gasteiger partial charge in [-0.15, -0.1) is 0 Å². The molecule has 1 fully saturated rings. The molecule has 0 saturated carbocycles. The molecule has 0 bridgehead atoms. The summed E-state index contributed by atoms with van der Waals surface area (Å²) in [4.78, 5) is 22.4. The lowest BCUT2D eigenvalue weighted by atomic mass is 10.0. The Hall–Kier alpha value is -2.74. The van der Waals surface area contributed by atoms with Crippen molar-refractivity contribution in [3.8, 4) is 5.75 Å². The molecule has 0 amide bonds. The number of anilines is 1. The topological polar surface area (TPSA) is 76.6 Å². The fourth-order valence-electron chi connectivity index (χ4n) is 3.30. The summed E-state index contributed by atoms with van der Waals surface area (Å²) in [6.07, 6.45) is 4.92. The Balaban J connectivity index is 1.87. The minimum absolute atomic E-state index is 0.164.